The van der Waals surface area contributed by atoms with Gasteiger partial charge >= 0.3 is 6.18 Å². The standard InChI is InChI=1S/C13H6Cl2F3N5S/c14-7-3-6(13(16,17)18)4-8(15)10(7)23-12(19)24-11(22-23)9-5-20-1-2-21-9/h1-5,19H. The van der Waals surface area contributed by atoms with Crippen LogP contribution in [0, 0.1) is 5.41 Å². The number of benzene rings is 1. The molecule has 0 atom stereocenters. The molecule has 0 aliphatic carbocycles. The predicted molar refractivity (Wildman–Crippen MR) is 83.3 cm³/mol. The van der Waals surface area contributed by atoms with Gasteiger partial charge in [-0.15, -0.1) is 0 Å². The molecule has 0 saturated carbocycles. The predicted octanol–water partition coefficient (Wildman–Crippen LogP) is 4.20. The zero-order valence-electron chi connectivity index (χ0n) is 11.5. The zero-order valence-corrected chi connectivity index (χ0v) is 13.8. The topological polar surface area (TPSA) is 67.5 Å². The van der Waals surface area contributed by atoms with E-state index in [0.717, 1.165) is 28.2 Å². The van der Waals surface area contributed by atoms with E-state index in [2.05, 4.69) is 15.1 Å². The number of rotatable bonds is 2. The van der Waals surface area contributed by atoms with Crippen LogP contribution < -0.4 is 4.80 Å². The van der Waals surface area contributed by atoms with Crippen LogP contribution in [0.1, 0.15) is 5.56 Å². The van der Waals surface area contributed by atoms with Gasteiger partial charge in [-0.05, 0) is 12.1 Å². The first-order chi connectivity index (χ1) is 11.3. The average molecular weight is 392 g/mol. The second kappa shape index (κ2) is 6.15. The molecule has 24 heavy (non-hydrogen) atoms. The number of nitrogens with zero attached hydrogens (tertiary/aromatic N) is 4. The van der Waals surface area contributed by atoms with E-state index in [1.54, 1.807) is 0 Å². The van der Waals surface area contributed by atoms with Gasteiger partial charge in [-0.25, -0.2) is 4.68 Å². The Morgan fingerprint density at radius 1 is 1.12 bits per heavy atom. The molecular weight excluding hydrogens is 386 g/mol. The Kier molecular flexibility index (Phi) is 4.33. The highest BCUT2D eigenvalue weighted by atomic mass is 35.5. The molecule has 5 nitrogen and oxygen atoms in total. The first-order valence-corrected chi connectivity index (χ1v) is 7.82. The molecule has 0 aliphatic rings. The minimum absolute atomic E-state index is 0.00252. The average Bonchev–Trinajstić information content (AvgIpc) is 2.88. The van der Waals surface area contributed by atoms with Crippen LogP contribution in [0.5, 0.6) is 0 Å². The number of hydrogen-bond donors (Lipinski definition) is 1. The van der Waals surface area contributed by atoms with Crippen LogP contribution in [0.3, 0.4) is 0 Å². The maximum atomic E-state index is 12.8. The molecule has 0 unspecified atom stereocenters. The Bertz CT molecular complexity index is 929. The third-order valence-electron chi connectivity index (χ3n) is 2.91. The summed E-state index contributed by atoms with van der Waals surface area (Å²) in [6.45, 7) is 0. The van der Waals surface area contributed by atoms with Crippen molar-refractivity contribution >= 4 is 34.5 Å². The lowest BCUT2D eigenvalue weighted by molar-refractivity contribution is -0.137. The number of halogens is 5. The van der Waals surface area contributed by atoms with Gasteiger partial charge in [0.15, 0.2) is 5.01 Å². The fraction of sp³-hybridized carbons (Fsp3) is 0.0769. The number of nitrogens with one attached hydrogen (secondary N) is 1. The molecule has 0 fully saturated rings. The van der Waals surface area contributed by atoms with Crippen molar-refractivity contribution in [2.75, 3.05) is 0 Å². The molecule has 0 spiro atoms. The number of alkyl halides is 3. The second-order valence-corrected chi connectivity index (χ2v) is 6.29. The van der Waals surface area contributed by atoms with Gasteiger partial charge in [0.1, 0.15) is 11.4 Å². The minimum atomic E-state index is -4.58. The second-order valence-electron chi connectivity index (χ2n) is 4.50. The molecule has 1 aromatic carbocycles. The van der Waals surface area contributed by atoms with Crippen LogP contribution in [0.25, 0.3) is 16.4 Å². The summed E-state index contributed by atoms with van der Waals surface area (Å²) in [5.41, 5.74) is -0.547. The van der Waals surface area contributed by atoms with Crippen molar-refractivity contribution in [1.29, 1.82) is 5.41 Å². The molecule has 2 aromatic heterocycles. The van der Waals surface area contributed by atoms with E-state index in [-0.39, 0.29) is 20.5 Å². The summed E-state index contributed by atoms with van der Waals surface area (Å²) >= 11 is 12.9. The Labute approximate surface area is 146 Å². The Morgan fingerprint density at radius 2 is 1.79 bits per heavy atom. The molecule has 2 heterocycles. The lowest BCUT2D eigenvalue weighted by atomic mass is 10.2. The van der Waals surface area contributed by atoms with E-state index < -0.39 is 11.7 Å². The Balaban J connectivity index is 2.14. The third-order valence-corrected chi connectivity index (χ3v) is 4.34. The summed E-state index contributed by atoms with van der Waals surface area (Å²) in [5, 5.41) is 12.0. The van der Waals surface area contributed by atoms with Gasteiger partial charge in [0, 0.05) is 12.4 Å². The van der Waals surface area contributed by atoms with Gasteiger partial charge in [0.25, 0.3) is 0 Å². The van der Waals surface area contributed by atoms with Crippen molar-refractivity contribution in [2.45, 2.75) is 6.18 Å². The van der Waals surface area contributed by atoms with E-state index >= 15 is 0 Å². The molecule has 11 heteroatoms. The van der Waals surface area contributed by atoms with Crippen molar-refractivity contribution in [1.82, 2.24) is 19.7 Å². The lowest BCUT2D eigenvalue weighted by Gasteiger charge is -2.11. The van der Waals surface area contributed by atoms with Crippen molar-refractivity contribution < 1.29 is 13.2 Å². The van der Waals surface area contributed by atoms with E-state index in [9.17, 15) is 13.2 Å². The van der Waals surface area contributed by atoms with Gasteiger partial charge in [-0.3, -0.25) is 15.4 Å². The minimum Gasteiger partial charge on any atom is -0.273 e. The maximum Gasteiger partial charge on any atom is 0.416 e. The molecule has 0 aliphatic heterocycles. The van der Waals surface area contributed by atoms with E-state index in [1.165, 1.54) is 18.6 Å². The van der Waals surface area contributed by atoms with Crippen LogP contribution in [0.4, 0.5) is 13.2 Å². The van der Waals surface area contributed by atoms with Gasteiger partial charge in [0.2, 0.25) is 4.80 Å². The third kappa shape index (κ3) is 3.14. The summed E-state index contributed by atoms with van der Waals surface area (Å²) in [6.07, 6.45) is -0.176. The molecule has 0 radical (unpaired) electrons. The number of hydrogen-bond acceptors (Lipinski definition) is 5. The van der Waals surface area contributed by atoms with Crippen LogP contribution in [0.15, 0.2) is 30.7 Å². The van der Waals surface area contributed by atoms with E-state index in [1.807, 2.05) is 0 Å². The zero-order chi connectivity index (χ0) is 17.5. The van der Waals surface area contributed by atoms with Crippen molar-refractivity contribution in [3.63, 3.8) is 0 Å². The quantitative estimate of drug-likeness (QED) is 0.711. The van der Waals surface area contributed by atoms with Crippen LogP contribution in [-0.4, -0.2) is 19.7 Å². The highest BCUT2D eigenvalue weighted by Crippen LogP contribution is 2.37. The first kappa shape index (κ1) is 16.9. The molecule has 3 rings (SSSR count). The highest BCUT2D eigenvalue weighted by molar-refractivity contribution is 7.12. The maximum absolute atomic E-state index is 12.8. The molecule has 0 amide bonds. The van der Waals surface area contributed by atoms with Gasteiger partial charge in [0.05, 0.1) is 21.8 Å². The van der Waals surface area contributed by atoms with Crippen molar-refractivity contribution in [2.24, 2.45) is 0 Å². The Hall–Kier alpha value is -1.97. The normalized spacial score (nSPS) is 11.7. The van der Waals surface area contributed by atoms with E-state index in [4.69, 9.17) is 28.6 Å². The monoisotopic (exact) mass is 391 g/mol. The summed E-state index contributed by atoms with van der Waals surface area (Å²) < 4.78 is 39.5. The molecular formula is C13H6Cl2F3N5S. The van der Waals surface area contributed by atoms with Crippen molar-refractivity contribution in [3.8, 4) is 16.4 Å². The summed E-state index contributed by atoms with van der Waals surface area (Å²) in [6, 6.07) is 1.49. The van der Waals surface area contributed by atoms with Crippen LogP contribution >= 0.6 is 34.5 Å². The molecule has 1 N–H and O–H groups in total. The largest absolute Gasteiger partial charge is 0.416 e. The first-order valence-electron chi connectivity index (χ1n) is 6.25. The lowest BCUT2D eigenvalue weighted by Crippen LogP contribution is -2.14. The fourth-order valence-electron chi connectivity index (χ4n) is 1.89. The van der Waals surface area contributed by atoms with Crippen molar-refractivity contribution in [3.05, 3.63) is 51.1 Å². The number of aromatic nitrogens is 4. The summed E-state index contributed by atoms with van der Waals surface area (Å²) in [7, 11) is 0. The summed E-state index contributed by atoms with van der Waals surface area (Å²) in [5.74, 6) is 0. The van der Waals surface area contributed by atoms with Crippen LogP contribution in [0.2, 0.25) is 10.0 Å². The smallest absolute Gasteiger partial charge is 0.273 e. The fourth-order valence-corrected chi connectivity index (χ4v) is 3.27. The van der Waals surface area contributed by atoms with Gasteiger partial charge < -0.3 is 0 Å². The molecule has 124 valence electrons. The van der Waals surface area contributed by atoms with Gasteiger partial charge in [-0.1, -0.05) is 34.5 Å². The molecule has 0 bridgehead atoms. The van der Waals surface area contributed by atoms with Crippen LogP contribution in [-0.2, 0) is 6.18 Å². The van der Waals surface area contributed by atoms with Gasteiger partial charge in [-0.2, -0.15) is 18.3 Å². The SMILES string of the molecule is N=c1sc(-c2cnccn2)nn1-c1c(Cl)cc(C(F)(F)F)cc1Cl. The van der Waals surface area contributed by atoms with E-state index in [0.29, 0.717) is 10.7 Å². The highest BCUT2D eigenvalue weighted by Gasteiger charge is 2.32. The molecule has 0 saturated heterocycles. The molecule has 3 aromatic rings. The summed E-state index contributed by atoms with van der Waals surface area (Å²) in [4.78, 5) is 7.90. The Morgan fingerprint density at radius 3 is 2.33 bits per heavy atom.